The molecule has 3 aromatic carbocycles. The third kappa shape index (κ3) is 16.0. The number of aromatic hydroxyl groups is 1. The van der Waals surface area contributed by atoms with E-state index in [1.807, 2.05) is 0 Å². The molecule has 0 aliphatic carbocycles. The Hall–Kier alpha value is -4.97. The van der Waals surface area contributed by atoms with E-state index in [0.717, 1.165) is 69.0 Å². The monoisotopic (exact) mass is 1040 g/mol. The molecule has 0 saturated carbocycles. The minimum absolute atomic E-state index is 0.00435. The maximum absolute atomic E-state index is 15.8. The molecule has 23 heteroatoms. The third-order valence-corrected chi connectivity index (χ3v) is 12.1. The number of rotatable bonds is 23. The number of alkyl halides is 8. The molecule has 0 spiro atoms. The van der Waals surface area contributed by atoms with Crippen LogP contribution in [0.2, 0.25) is 0 Å². The average molecular weight is 1040 g/mol. The Kier molecular flexibility index (Phi) is 19.4. The van der Waals surface area contributed by atoms with Crippen molar-refractivity contribution < 1.29 is 87.3 Å². The fraction of sp³-hybridized carbons (Fsp3) is 0.571. The third-order valence-electron chi connectivity index (χ3n) is 12.1. The molecule has 4 N–H and O–H groups in total. The van der Waals surface area contributed by atoms with E-state index in [4.69, 9.17) is 18.8 Å². The number of aliphatic hydroxyl groups is 1. The first-order chi connectivity index (χ1) is 33.1. The van der Waals surface area contributed by atoms with Crippen molar-refractivity contribution in [2.24, 2.45) is 0 Å². The van der Waals surface area contributed by atoms with Gasteiger partial charge < -0.3 is 33.9 Å². The molecule has 1 amide bonds. The molecule has 4 atom stereocenters. The largest absolute Gasteiger partial charge is 0.507 e. The van der Waals surface area contributed by atoms with Gasteiger partial charge in [0.15, 0.2) is 0 Å². The fourth-order valence-electron chi connectivity index (χ4n) is 7.80. The van der Waals surface area contributed by atoms with Gasteiger partial charge in [-0.25, -0.2) is 17.6 Å². The second-order valence-electron chi connectivity index (χ2n) is 19.7. The van der Waals surface area contributed by atoms with Crippen LogP contribution in [0.5, 0.6) is 5.75 Å². The zero-order chi connectivity index (χ0) is 54.4. The molecule has 400 valence electrons. The molecule has 1 aliphatic heterocycles. The zero-order valence-electron chi connectivity index (χ0n) is 41.4. The summed E-state index contributed by atoms with van der Waals surface area (Å²) in [6.45, 7) is 10.9. The second kappa shape index (κ2) is 23.5. The number of carbonyl (C=O) groups excluding carboxylic acids is 3. The van der Waals surface area contributed by atoms with Gasteiger partial charge in [0.25, 0.3) is 0 Å². The predicted molar refractivity (Wildman–Crippen MR) is 248 cm³/mol. The molecule has 72 heavy (non-hydrogen) atoms. The second-order valence-corrected chi connectivity index (χ2v) is 19.7. The molecule has 4 rings (SSSR count). The number of hydrogen-bond donors (Lipinski definition) is 4. The van der Waals surface area contributed by atoms with Crippen LogP contribution in [0.3, 0.4) is 0 Å². The van der Waals surface area contributed by atoms with Gasteiger partial charge in [-0.15, -0.1) is 0 Å². The van der Waals surface area contributed by atoms with E-state index in [0.29, 0.717) is 12.1 Å². The Bertz CT molecular complexity index is 2340. The van der Waals surface area contributed by atoms with E-state index in [-0.39, 0.29) is 49.1 Å². The molecule has 0 radical (unpaired) electrons. The SMILES string of the molecule is CCOC(=O)C(CC(C)(C)F)NC(c1ccc(-c2cc(N(CCO)C(=O)CCCCOC(=O)C(CC(C)(C)F)NC(c3ccc(B4OC(C)(C)C(C)(C)O4)c(F)c3)C(F)(F)F)ccc2O)c(F)c1)C(F)(F)F. The number of halogens is 10. The summed E-state index contributed by atoms with van der Waals surface area (Å²) in [6, 6.07) is -0.482. The molecular weight excluding hydrogens is 975 g/mol. The number of unbranched alkanes of at least 4 members (excludes halogenated alkanes) is 1. The summed E-state index contributed by atoms with van der Waals surface area (Å²) in [4.78, 5) is 40.4. The Balaban J connectivity index is 1.46. The first-order valence-electron chi connectivity index (χ1n) is 23.1. The lowest BCUT2D eigenvalue weighted by Gasteiger charge is -2.32. The van der Waals surface area contributed by atoms with E-state index in [1.54, 1.807) is 27.7 Å². The average Bonchev–Trinajstić information content (AvgIpc) is 3.46. The minimum atomic E-state index is -5.12. The number of ether oxygens (including phenoxy) is 2. The highest BCUT2D eigenvalue weighted by Gasteiger charge is 2.53. The number of carbonyl (C=O) groups is 3. The molecule has 12 nitrogen and oxygen atoms in total. The van der Waals surface area contributed by atoms with Gasteiger partial charge in [-0.3, -0.25) is 25.0 Å². The smallest absolute Gasteiger partial charge is 0.497 e. The van der Waals surface area contributed by atoms with Gasteiger partial charge in [-0.05, 0) is 117 Å². The van der Waals surface area contributed by atoms with E-state index >= 15 is 8.78 Å². The lowest BCUT2D eigenvalue weighted by molar-refractivity contribution is -0.167. The number of phenolic OH excluding ortho intramolecular Hbond substituents is 1. The Morgan fingerprint density at radius 3 is 1.67 bits per heavy atom. The van der Waals surface area contributed by atoms with Crippen LogP contribution in [-0.2, 0) is 33.2 Å². The highest BCUT2D eigenvalue weighted by Crippen LogP contribution is 2.41. The summed E-state index contributed by atoms with van der Waals surface area (Å²) in [5.41, 5.74) is -8.19. The van der Waals surface area contributed by atoms with Crippen LogP contribution in [0.4, 0.5) is 49.6 Å². The van der Waals surface area contributed by atoms with Crippen LogP contribution < -0.4 is 21.0 Å². The number of hydrogen-bond acceptors (Lipinski definition) is 11. The standard InChI is InChI=1S/C49H62BF10N3O9/c1-10-69-42(67)36(26-44(2,3)53)61-40(48(55,56)57)28-14-17-31(34(51)23-28)32-25-30(16-19-38(32)65)63(20-21-64)39(66)13-11-12-22-70-43(68)37(27-45(4,5)54)62-41(49(58,59)60)29-15-18-33(35(52)24-29)50-71-46(6,7)47(8,9)72-50/h14-19,23-25,36-37,40-41,61-62,64-65H,10-13,20-22,26-27H2,1-9H3. The predicted octanol–water partition coefficient (Wildman–Crippen LogP) is 9.34. The van der Waals surface area contributed by atoms with Crippen molar-refractivity contribution in [1.82, 2.24) is 10.6 Å². The molecule has 1 saturated heterocycles. The maximum Gasteiger partial charge on any atom is 0.497 e. The molecule has 3 aromatic rings. The van der Waals surface area contributed by atoms with Gasteiger partial charge in [0, 0.05) is 48.1 Å². The van der Waals surface area contributed by atoms with Crippen molar-refractivity contribution in [3.8, 4) is 16.9 Å². The number of benzene rings is 3. The summed E-state index contributed by atoms with van der Waals surface area (Å²) in [7, 11) is -1.23. The van der Waals surface area contributed by atoms with Crippen LogP contribution in [0.15, 0.2) is 54.6 Å². The fourth-order valence-corrected chi connectivity index (χ4v) is 7.80. The number of anilines is 1. The van der Waals surface area contributed by atoms with Crippen LogP contribution in [0.25, 0.3) is 11.1 Å². The van der Waals surface area contributed by atoms with Crippen molar-refractivity contribution in [3.05, 3.63) is 77.4 Å². The Morgan fingerprint density at radius 2 is 1.21 bits per heavy atom. The summed E-state index contributed by atoms with van der Waals surface area (Å²) < 4.78 is 170. The van der Waals surface area contributed by atoms with Crippen LogP contribution in [0.1, 0.15) is 118 Å². The number of nitrogens with one attached hydrogen (secondary N) is 2. The van der Waals surface area contributed by atoms with Crippen molar-refractivity contribution in [2.75, 3.05) is 31.3 Å². The van der Waals surface area contributed by atoms with E-state index < -0.39 is 144 Å². The lowest BCUT2D eigenvalue weighted by atomic mass is 9.78. The topological polar surface area (TPSA) is 156 Å². The van der Waals surface area contributed by atoms with Crippen LogP contribution in [-0.4, -0.2) is 109 Å². The molecule has 0 bridgehead atoms. The minimum Gasteiger partial charge on any atom is -0.507 e. The molecule has 1 fully saturated rings. The summed E-state index contributed by atoms with van der Waals surface area (Å²) in [5.74, 6) is -5.94. The number of aliphatic hydroxyl groups excluding tert-OH is 1. The lowest BCUT2D eigenvalue weighted by Crippen LogP contribution is -2.48. The highest BCUT2D eigenvalue weighted by atomic mass is 19.4. The van der Waals surface area contributed by atoms with Gasteiger partial charge in [0.2, 0.25) is 5.91 Å². The summed E-state index contributed by atoms with van der Waals surface area (Å²) in [6.07, 6.45) is -12.0. The Morgan fingerprint density at radius 1 is 0.708 bits per heavy atom. The normalized spacial score (nSPS) is 16.8. The van der Waals surface area contributed by atoms with Crippen molar-refractivity contribution in [1.29, 1.82) is 0 Å². The Labute approximate surface area is 412 Å². The zero-order valence-corrected chi connectivity index (χ0v) is 41.4. The van der Waals surface area contributed by atoms with E-state index in [2.05, 4.69) is 10.6 Å². The maximum atomic E-state index is 15.8. The van der Waals surface area contributed by atoms with Gasteiger partial charge >= 0.3 is 31.4 Å². The number of phenols is 1. The van der Waals surface area contributed by atoms with Gasteiger partial charge in [-0.1, -0.05) is 24.3 Å². The first-order valence-corrected chi connectivity index (χ1v) is 23.1. The van der Waals surface area contributed by atoms with Gasteiger partial charge in [-0.2, -0.15) is 26.3 Å². The quantitative estimate of drug-likeness (QED) is 0.0311. The van der Waals surface area contributed by atoms with Crippen LogP contribution >= 0.6 is 0 Å². The van der Waals surface area contributed by atoms with E-state index in [9.17, 15) is 59.7 Å². The first kappa shape index (κ1) is 59.6. The van der Waals surface area contributed by atoms with Crippen molar-refractivity contribution >= 4 is 36.1 Å². The number of esters is 2. The molecular formula is C49H62BF10N3O9. The van der Waals surface area contributed by atoms with Gasteiger partial charge in [0.1, 0.15) is 52.9 Å². The number of nitrogens with zero attached hydrogens (tertiary/aromatic N) is 1. The highest BCUT2D eigenvalue weighted by molar-refractivity contribution is 6.62. The molecule has 1 heterocycles. The molecule has 4 unspecified atom stereocenters. The molecule has 1 aliphatic rings. The van der Waals surface area contributed by atoms with Crippen LogP contribution in [0, 0.1) is 11.6 Å². The number of amides is 1. The van der Waals surface area contributed by atoms with Gasteiger partial charge in [0.05, 0.1) is 31.0 Å². The van der Waals surface area contributed by atoms with Crippen molar-refractivity contribution in [2.45, 2.75) is 153 Å². The van der Waals surface area contributed by atoms with E-state index in [1.165, 1.54) is 13.0 Å². The van der Waals surface area contributed by atoms with Crippen molar-refractivity contribution in [3.63, 3.8) is 0 Å². The summed E-state index contributed by atoms with van der Waals surface area (Å²) >= 11 is 0. The molecule has 0 aromatic heterocycles. The summed E-state index contributed by atoms with van der Waals surface area (Å²) in [5, 5.41) is 24.7.